The van der Waals surface area contributed by atoms with Crippen molar-refractivity contribution in [3.63, 3.8) is 0 Å². The topological polar surface area (TPSA) is 106 Å². The van der Waals surface area contributed by atoms with Gasteiger partial charge in [-0.15, -0.1) is 0 Å². The number of nitrogens with one attached hydrogen (secondary N) is 1. The van der Waals surface area contributed by atoms with E-state index in [0.717, 1.165) is 16.6 Å². The first-order chi connectivity index (χ1) is 16.4. The maximum atomic E-state index is 13.1. The summed E-state index contributed by atoms with van der Waals surface area (Å²) in [6.07, 6.45) is 3.63. The van der Waals surface area contributed by atoms with Crippen molar-refractivity contribution < 1.29 is 19.4 Å². The van der Waals surface area contributed by atoms with Crippen LogP contribution in [0.3, 0.4) is 0 Å². The Bertz CT molecular complexity index is 1340. The van der Waals surface area contributed by atoms with Crippen LogP contribution in [0.2, 0.25) is 0 Å². The first-order valence-corrected chi connectivity index (χ1v) is 11.0. The highest BCUT2D eigenvalue weighted by atomic mass is 16.5. The monoisotopic (exact) mass is 458 g/mol. The number of benzene rings is 2. The number of nitrogens with zero attached hydrogens (tertiary/aromatic N) is 3. The van der Waals surface area contributed by atoms with Crippen LogP contribution in [-0.2, 0) is 4.79 Å². The van der Waals surface area contributed by atoms with E-state index in [0.29, 0.717) is 23.6 Å². The fourth-order valence-electron chi connectivity index (χ4n) is 3.91. The molecule has 0 aliphatic rings. The number of carboxylic acids is 1. The molecule has 4 rings (SSSR count). The molecule has 174 valence electrons. The van der Waals surface area contributed by atoms with E-state index in [4.69, 9.17) is 4.74 Å². The van der Waals surface area contributed by atoms with E-state index in [9.17, 15) is 14.7 Å². The number of amides is 1. The lowest BCUT2D eigenvalue weighted by molar-refractivity contribution is -0.139. The third-order valence-electron chi connectivity index (χ3n) is 5.48. The van der Waals surface area contributed by atoms with Gasteiger partial charge in [0.2, 0.25) is 0 Å². The van der Waals surface area contributed by atoms with Crippen LogP contribution in [0.1, 0.15) is 30.8 Å². The molecular weight excluding hydrogens is 432 g/mol. The highest BCUT2D eigenvalue weighted by Crippen LogP contribution is 2.32. The molecule has 1 atom stereocenters. The molecule has 0 unspecified atom stereocenters. The van der Waals surface area contributed by atoms with Gasteiger partial charge in [0.05, 0.1) is 23.9 Å². The number of hydrogen-bond acceptors (Lipinski definition) is 5. The third kappa shape index (κ3) is 4.61. The Hall–Kier alpha value is -4.20. The first kappa shape index (κ1) is 23.0. The molecule has 0 saturated carbocycles. The van der Waals surface area contributed by atoms with Gasteiger partial charge < -0.3 is 15.2 Å². The van der Waals surface area contributed by atoms with E-state index in [1.165, 1.54) is 0 Å². The second kappa shape index (κ2) is 9.74. The molecule has 0 aliphatic heterocycles. The number of pyridine rings is 1. The van der Waals surface area contributed by atoms with Crippen LogP contribution in [0.5, 0.6) is 5.75 Å². The summed E-state index contributed by atoms with van der Waals surface area (Å²) >= 11 is 0. The zero-order valence-electron chi connectivity index (χ0n) is 19.2. The zero-order chi connectivity index (χ0) is 24.2. The molecule has 0 saturated heterocycles. The minimum atomic E-state index is -1.08. The van der Waals surface area contributed by atoms with Gasteiger partial charge in [-0.2, -0.15) is 0 Å². The lowest BCUT2D eigenvalue weighted by Gasteiger charge is -2.15. The Morgan fingerprint density at radius 3 is 2.56 bits per heavy atom. The van der Waals surface area contributed by atoms with Gasteiger partial charge in [-0.3, -0.25) is 14.3 Å². The molecule has 4 aromatic rings. The molecule has 0 bridgehead atoms. The average Bonchev–Trinajstić information content (AvgIpc) is 3.28. The second-order valence-corrected chi connectivity index (χ2v) is 8.36. The SMILES string of the molecule is COc1ccccc1-c1nc(C(=O)N[C@@H](CC(C)C)C(=O)O)cn1-c1ccnc2ccccc12. The number of hydrogen-bond donors (Lipinski definition) is 2. The van der Waals surface area contributed by atoms with Crippen molar-refractivity contribution in [2.75, 3.05) is 7.11 Å². The lowest BCUT2D eigenvalue weighted by atomic mass is 10.0. The number of methoxy groups -OCH3 is 1. The standard InChI is InChI=1S/C26H26N4O4/c1-16(2)14-20(26(32)33)29-25(31)21-15-30(22-12-13-27-19-10-6-4-8-17(19)22)24(28-21)18-9-5-7-11-23(18)34-3/h4-13,15-16,20H,14H2,1-3H3,(H,29,31)(H,32,33)/t20-/m0/s1. The minimum absolute atomic E-state index is 0.103. The van der Waals surface area contributed by atoms with E-state index in [-0.39, 0.29) is 11.6 Å². The molecule has 0 aliphatic carbocycles. The molecule has 2 aromatic carbocycles. The number of rotatable bonds is 8. The summed E-state index contributed by atoms with van der Waals surface area (Å²) in [6.45, 7) is 3.82. The normalized spacial score (nSPS) is 12.0. The Labute approximate surface area is 197 Å². The summed E-state index contributed by atoms with van der Waals surface area (Å²) < 4.78 is 7.36. The van der Waals surface area contributed by atoms with Gasteiger partial charge in [0.15, 0.2) is 0 Å². The Kier molecular flexibility index (Phi) is 6.58. The van der Waals surface area contributed by atoms with Crippen LogP contribution in [0, 0.1) is 5.92 Å². The van der Waals surface area contributed by atoms with Crippen LogP contribution >= 0.6 is 0 Å². The van der Waals surface area contributed by atoms with Crippen LogP contribution in [0.25, 0.3) is 28.0 Å². The van der Waals surface area contributed by atoms with E-state index >= 15 is 0 Å². The summed E-state index contributed by atoms with van der Waals surface area (Å²) in [5.74, 6) is -0.434. The highest BCUT2D eigenvalue weighted by Gasteiger charge is 2.25. The van der Waals surface area contributed by atoms with E-state index in [1.54, 1.807) is 19.5 Å². The highest BCUT2D eigenvalue weighted by molar-refractivity contribution is 5.96. The number of imidazole rings is 1. The molecule has 0 radical (unpaired) electrons. The third-order valence-corrected chi connectivity index (χ3v) is 5.48. The van der Waals surface area contributed by atoms with Gasteiger partial charge in [-0.1, -0.05) is 44.2 Å². The van der Waals surface area contributed by atoms with Crippen molar-refractivity contribution in [2.45, 2.75) is 26.3 Å². The van der Waals surface area contributed by atoms with Gasteiger partial charge in [-0.05, 0) is 36.6 Å². The molecule has 2 aromatic heterocycles. The molecule has 2 heterocycles. The molecule has 8 heteroatoms. The number of fused-ring (bicyclic) bond motifs is 1. The average molecular weight is 459 g/mol. The van der Waals surface area contributed by atoms with E-state index in [2.05, 4.69) is 15.3 Å². The maximum absolute atomic E-state index is 13.1. The molecule has 1 amide bonds. The number of aliphatic carboxylic acids is 1. The summed E-state index contributed by atoms with van der Waals surface area (Å²) in [5, 5.41) is 13.1. The predicted molar refractivity (Wildman–Crippen MR) is 129 cm³/mol. The van der Waals surface area contributed by atoms with Crippen molar-refractivity contribution in [3.05, 3.63) is 72.7 Å². The van der Waals surface area contributed by atoms with Crippen LogP contribution in [0.15, 0.2) is 67.0 Å². The summed E-state index contributed by atoms with van der Waals surface area (Å²) in [7, 11) is 1.57. The second-order valence-electron chi connectivity index (χ2n) is 8.36. The Balaban J connectivity index is 1.85. The van der Waals surface area contributed by atoms with Gasteiger partial charge in [0.1, 0.15) is 23.3 Å². The van der Waals surface area contributed by atoms with Gasteiger partial charge in [0, 0.05) is 17.8 Å². The number of ether oxygens (including phenoxy) is 1. The molecule has 2 N–H and O–H groups in total. The van der Waals surface area contributed by atoms with E-state index < -0.39 is 17.9 Å². The van der Waals surface area contributed by atoms with Crippen molar-refractivity contribution >= 4 is 22.8 Å². The number of carboxylic acid groups (broad SMARTS) is 1. The summed E-state index contributed by atoms with van der Waals surface area (Å²) in [5.41, 5.74) is 2.39. The largest absolute Gasteiger partial charge is 0.496 e. The quantitative estimate of drug-likeness (QED) is 0.407. The zero-order valence-corrected chi connectivity index (χ0v) is 19.2. The Morgan fingerprint density at radius 2 is 1.82 bits per heavy atom. The van der Waals surface area contributed by atoms with Gasteiger partial charge in [-0.25, -0.2) is 9.78 Å². The van der Waals surface area contributed by atoms with Crippen LogP contribution < -0.4 is 10.1 Å². The molecule has 0 spiro atoms. The molecule has 8 nitrogen and oxygen atoms in total. The molecule has 0 fully saturated rings. The fraction of sp³-hybridized carbons (Fsp3) is 0.231. The molecule has 34 heavy (non-hydrogen) atoms. The number of para-hydroxylation sites is 2. The number of aromatic nitrogens is 3. The van der Waals surface area contributed by atoms with Crippen molar-refractivity contribution in [1.82, 2.24) is 19.9 Å². The van der Waals surface area contributed by atoms with Crippen molar-refractivity contribution in [3.8, 4) is 22.8 Å². The van der Waals surface area contributed by atoms with E-state index in [1.807, 2.05) is 73.0 Å². The van der Waals surface area contributed by atoms with Crippen molar-refractivity contribution in [1.29, 1.82) is 0 Å². The Morgan fingerprint density at radius 1 is 1.09 bits per heavy atom. The van der Waals surface area contributed by atoms with Crippen LogP contribution in [-0.4, -0.2) is 44.7 Å². The predicted octanol–water partition coefficient (Wildman–Crippen LogP) is 4.33. The van der Waals surface area contributed by atoms with Crippen molar-refractivity contribution in [2.24, 2.45) is 5.92 Å². The summed E-state index contributed by atoms with van der Waals surface area (Å²) in [6, 6.07) is 15.9. The van der Waals surface area contributed by atoms with Crippen LogP contribution in [0.4, 0.5) is 0 Å². The van der Waals surface area contributed by atoms with Gasteiger partial charge in [0.25, 0.3) is 5.91 Å². The maximum Gasteiger partial charge on any atom is 0.326 e. The minimum Gasteiger partial charge on any atom is -0.496 e. The lowest BCUT2D eigenvalue weighted by Crippen LogP contribution is -2.41. The molecular formula is C26H26N4O4. The first-order valence-electron chi connectivity index (χ1n) is 11.0. The van der Waals surface area contributed by atoms with Gasteiger partial charge >= 0.3 is 5.97 Å². The number of carbonyl (C=O) groups is 2. The smallest absolute Gasteiger partial charge is 0.326 e. The summed E-state index contributed by atoms with van der Waals surface area (Å²) in [4.78, 5) is 33.8. The fourth-order valence-corrected chi connectivity index (χ4v) is 3.91. The number of carbonyl (C=O) groups excluding carboxylic acids is 1.